The number of aromatic nitrogens is 1. The summed E-state index contributed by atoms with van der Waals surface area (Å²) in [6.45, 7) is 2.56. The molecule has 0 unspecified atom stereocenters. The van der Waals surface area contributed by atoms with E-state index in [2.05, 4.69) is 4.98 Å². The molecule has 2 aromatic heterocycles. The molecule has 2 amide bonds. The van der Waals surface area contributed by atoms with Crippen LogP contribution in [0.4, 0.5) is 0 Å². The number of pyridine rings is 1. The molecule has 2 atom stereocenters. The van der Waals surface area contributed by atoms with E-state index < -0.39 is 0 Å². The summed E-state index contributed by atoms with van der Waals surface area (Å²) in [4.78, 5) is 32.9. The van der Waals surface area contributed by atoms with Gasteiger partial charge < -0.3 is 9.80 Å². The Morgan fingerprint density at radius 2 is 2.22 bits per heavy atom. The van der Waals surface area contributed by atoms with Gasteiger partial charge in [-0.25, -0.2) is 0 Å². The lowest BCUT2D eigenvalue weighted by Crippen LogP contribution is -2.35. The van der Waals surface area contributed by atoms with E-state index in [0.717, 1.165) is 17.7 Å². The molecule has 2 fully saturated rings. The largest absolute Gasteiger partial charge is 0.338 e. The molecule has 2 saturated heterocycles. The van der Waals surface area contributed by atoms with E-state index in [0.29, 0.717) is 19.6 Å². The van der Waals surface area contributed by atoms with Gasteiger partial charge in [0, 0.05) is 49.9 Å². The summed E-state index contributed by atoms with van der Waals surface area (Å²) in [6.07, 6.45) is 3.53. The summed E-state index contributed by atoms with van der Waals surface area (Å²) >= 11 is 1.52. The van der Waals surface area contributed by atoms with Crippen molar-refractivity contribution >= 4 is 23.2 Å². The van der Waals surface area contributed by atoms with E-state index >= 15 is 0 Å². The molecular weight excluding hydrogens is 310 g/mol. The predicted octanol–water partition coefficient (Wildman–Crippen LogP) is 1.87. The second-order valence-electron chi connectivity index (χ2n) is 6.17. The van der Waals surface area contributed by atoms with Gasteiger partial charge in [-0.15, -0.1) is 0 Å². The van der Waals surface area contributed by atoms with Crippen LogP contribution in [0, 0.1) is 11.8 Å². The summed E-state index contributed by atoms with van der Waals surface area (Å²) in [5, 5.41) is 3.78. The third-order valence-corrected chi connectivity index (χ3v) is 5.36. The number of nitrogens with zero attached hydrogens (tertiary/aromatic N) is 3. The van der Waals surface area contributed by atoms with E-state index in [1.54, 1.807) is 12.4 Å². The maximum atomic E-state index is 12.6. The summed E-state index contributed by atoms with van der Waals surface area (Å²) < 4.78 is 0. The van der Waals surface area contributed by atoms with Gasteiger partial charge in [-0.3, -0.25) is 14.6 Å². The predicted molar refractivity (Wildman–Crippen MR) is 86.9 cm³/mol. The molecular formula is C17H17N3O2S. The maximum Gasteiger partial charge on any atom is 0.254 e. The second kappa shape index (κ2) is 5.77. The van der Waals surface area contributed by atoms with Crippen molar-refractivity contribution in [2.45, 2.75) is 6.54 Å². The van der Waals surface area contributed by atoms with Gasteiger partial charge in [-0.1, -0.05) is 6.07 Å². The second-order valence-corrected chi connectivity index (χ2v) is 6.95. The fourth-order valence-electron chi connectivity index (χ4n) is 3.53. The molecule has 4 rings (SSSR count). The Labute approximate surface area is 138 Å². The number of amides is 2. The number of likely N-dealkylation sites (tertiary alicyclic amines) is 2. The van der Waals surface area contributed by atoms with Gasteiger partial charge in [0.15, 0.2) is 0 Å². The average molecular weight is 327 g/mol. The molecule has 23 heavy (non-hydrogen) atoms. The number of thiophene rings is 1. The highest BCUT2D eigenvalue weighted by molar-refractivity contribution is 7.08. The van der Waals surface area contributed by atoms with E-state index in [-0.39, 0.29) is 23.7 Å². The zero-order chi connectivity index (χ0) is 15.8. The quantitative estimate of drug-likeness (QED) is 0.865. The van der Waals surface area contributed by atoms with Gasteiger partial charge in [0.2, 0.25) is 5.91 Å². The van der Waals surface area contributed by atoms with E-state index in [4.69, 9.17) is 0 Å². The van der Waals surface area contributed by atoms with Crippen LogP contribution in [0.25, 0.3) is 0 Å². The number of fused-ring (bicyclic) bond motifs is 1. The first-order valence-electron chi connectivity index (χ1n) is 7.71. The molecule has 4 heterocycles. The first-order chi connectivity index (χ1) is 11.2. The van der Waals surface area contributed by atoms with Crippen molar-refractivity contribution in [3.05, 3.63) is 52.5 Å². The monoisotopic (exact) mass is 327 g/mol. The molecule has 118 valence electrons. The first-order valence-corrected chi connectivity index (χ1v) is 8.66. The molecule has 0 aromatic carbocycles. The number of hydrogen-bond acceptors (Lipinski definition) is 4. The fourth-order valence-corrected chi connectivity index (χ4v) is 4.16. The highest BCUT2D eigenvalue weighted by Crippen LogP contribution is 2.33. The van der Waals surface area contributed by atoms with Crippen molar-refractivity contribution in [3.8, 4) is 0 Å². The minimum absolute atomic E-state index is 0.0470. The summed E-state index contributed by atoms with van der Waals surface area (Å²) in [7, 11) is 0. The van der Waals surface area contributed by atoms with Gasteiger partial charge in [0.25, 0.3) is 5.91 Å². The van der Waals surface area contributed by atoms with Crippen molar-refractivity contribution < 1.29 is 9.59 Å². The minimum atomic E-state index is -0.0470. The van der Waals surface area contributed by atoms with Crippen molar-refractivity contribution in [2.24, 2.45) is 11.8 Å². The number of rotatable bonds is 3. The lowest BCUT2D eigenvalue weighted by molar-refractivity contribution is -0.131. The molecule has 5 nitrogen and oxygen atoms in total. The van der Waals surface area contributed by atoms with Crippen LogP contribution in [0.5, 0.6) is 0 Å². The molecule has 0 bridgehead atoms. The van der Waals surface area contributed by atoms with Crippen LogP contribution in [-0.2, 0) is 11.3 Å². The Hall–Kier alpha value is -2.21. The Morgan fingerprint density at radius 3 is 2.91 bits per heavy atom. The lowest BCUT2D eigenvalue weighted by atomic mass is 10.0. The molecule has 2 aliphatic heterocycles. The molecule has 0 saturated carbocycles. The highest BCUT2D eigenvalue weighted by atomic mass is 32.1. The average Bonchev–Trinajstić information content (AvgIpc) is 3.28. The van der Waals surface area contributed by atoms with Gasteiger partial charge in [0.05, 0.1) is 11.5 Å². The van der Waals surface area contributed by atoms with Crippen molar-refractivity contribution in [3.63, 3.8) is 0 Å². The van der Waals surface area contributed by atoms with Crippen LogP contribution in [-0.4, -0.2) is 46.2 Å². The van der Waals surface area contributed by atoms with Crippen LogP contribution in [0.1, 0.15) is 15.9 Å². The molecule has 0 N–H and O–H groups in total. The van der Waals surface area contributed by atoms with Gasteiger partial charge in [0.1, 0.15) is 0 Å². The number of carbonyl (C=O) groups excluding carboxylic acids is 2. The molecule has 0 radical (unpaired) electrons. The standard InChI is InChI=1S/C17H17N3O2S/c21-16(13-3-5-23-11-13)20-9-14-8-19(17(22)15(14)10-20)7-12-2-1-4-18-6-12/h1-6,11,14-15H,7-10H2/t14-,15+/m0/s1. The Balaban J connectivity index is 1.42. The van der Waals surface area contributed by atoms with Crippen LogP contribution < -0.4 is 0 Å². The molecule has 2 aromatic rings. The van der Waals surface area contributed by atoms with Crippen molar-refractivity contribution in [1.29, 1.82) is 0 Å². The topological polar surface area (TPSA) is 53.5 Å². The maximum absolute atomic E-state index is 12.6. The summed E-state index contributed by atoms with van der Waals surface area (Å²) in [6, 6.07) is 5.72. The van der Waals surface area contributed by atoms with Crippen molar-refractivity contribution in [1.82, 2.24) is 14.8 Å². The third kappa shape index (κ3) is 2.63. The van der Waals surface area contributed by atoms with Crippen LogP contribution in [0.2, 0.25) is 0 Å². The van der Waals surface area contributed by atoms with E-state index in [1.165, 1.54) is 11.3 Å². The van der Waals surface area contributed by atoms with Gasteiger partial charge >= 0.3 is 0 Å². The Morgan fingerprint density at radius 1 is 1.30 bits per heavy atom. The third-order valence-electron chi connectivity index (χ3n) is 4.68. The lowest BCUT2D eigenvalue weighted by Gasteiger charge is -2.21. The number of hydrogen-bond donors (Lipinski definition) is 0. The van der Waals surface area contributed by atoms with Crippen LogP contribution in [0.15, 0.2) is 41.4 Å². The van der Waals surface area contributed by atoms with Crippen LogP contribution >= 0.6 is 11.3 Å². The van der Waals surface area contributed by atoms with E-state index in [9.17, 15) is 9.59 Å². The number of carbonyl (C=O) groups is 2. The molecule has 0 aliphatic carbocycles. The highest BCUT2D eigenvalue weighted by Gasteiger charge is 2.47. The van der Waals surface area contributed by atoms with Crippen LogP contribution in [0.3, 0.4) is 0 Å². The normalized spacial score (nSPS) is 23.4. The van der Waals surface area contributed by atoms with Gasteiger partial charge in [-0.05, 0) is 23.1 Å². The molecule has 0 spiro atoms. The summed E-state index contributed by atoms with van der Waals surface area (Å²) in [5.74, 6) is 0.419. The zero-order valence-electron chi connectivity index (χ0n) is 12.6. The van der Waals surface area contributed by atoms with E-state index in [1.807, 2.05) is 38.8 Å². The van der Waals surface area contributed by atoms with Gasteiger partial charge in [-0.2, -0.15) is 11.3 Å². The summed E-state index contributed by atoms with van der Waals surface area (Å²) in [5.41, 5.74) is 1.78. The Kier molecular flexibility index (Phi) is 3.61. The smallest absolute Gasteiger partial charge is 0.254 e. The van der Waals surface area contributed by atoms with Crippen molar-refractivity contribution in [2.75, 3.05) is 19.6 Å². The SMILES string of the molecule is O=C(c1ccsc1)N1C[C@@H]2CN(Cc3cccnc3)C(=O)[C@@H]2C1. The fraction of sp³-hybridized carbons (Fsp3) is 0.353. The first kappa shape index (κ1) is 14.4. The Bertz CT molecular complexity index is 717. The minimum Gasteiger partial charge on any atom is -0.338 e. The zero-order valence-corrected chi connectivity index (χ0v) is 13.4. The molecule has 2 aliphatic rings. The molecule has 6 heteroatoms.